The average molecular weight is 615 g/mol. The molecule has 0 saturated carbocycles. The van der Waals surface area contributed by atoms with E-state index in [-0.39, 0.29) is 23.5 Å². The van der Waals surface area contributed by atoms with Crippen molar-refractivity contribution in [3.05, 3.63) is 48.5 Å². The Morgan fingerprint density at radius 3 is 1.40 bits per heavy atom. The van der Waals surface area contributed by atoms with Crippen molar-refractivity contribution in [2.24, 2.45) is 0 Å². The van der Waals surface area contributed by atoms with Gasteiger partial charge in [-0.1, -0.05) is 30.7 Å². The lowest BCUT2D eigenvalue weighted by Gasteiger charge is -2.26. The minimum Gasteiger partial charge on any atom is -0.492 e. The van der Waals surface area contributed by atoms with Gasteiger partial charge < -0.3 is 32.4 Å². The fraction of sp³-hybridized carbons (Fsp3) is 0.419. The Morgan fingerprint density at radius 1 is 0.556 bits per heavy atom. The second kappa shape index (κ2) is 15.8. The predicted molar refractivity (Wildman–Crippen MR) is 175 cm³/mol. The molecule has 0 atom stereocenters. The SMILES string of the molecule is Nc1nnc(-c2cccc(OCCN3CCCC3)c2)c(N)n1.Nc1nnc(-c2cccc(OCCN3CCCCC3)c2)c(N)n1. The van der Waals surface area contributed by atoms with Gasteiger partial charge in [0.1, 0.15) is 36.1 Å². The van der Waals surface area contributed by atoms with Crippen LogP contribution in [0.25, 0.3) is 22.5 Å². The van der Waals surface area contributed by atoms with Gasteiger partial charge >= 0.3 is 0 Å². The van der Waals surface area contributed by atoms with Crippen LogP contribution in [0.3, 0.4) is 0 Å². The van der Waals surface area contributed by atoms with Crippen molar-refractivity contribution >= 4 is 23.5 Å². The molecule has 8 N–H and O–H groups in total. The number of nitrogens with zero attached hydrogens (tertiary/aromatic N) is 8. The van der Waals surface area contributed by atoms with Crippen LogP contribution >= 0.6 is 0 Å². The van der Waals surface area contributed by atoms with Crippen LogP contribution in [0.15, 0.2) is 48.5 Å². The maximum absolute atomic E-state index is 5.86. The highest BCUT2D eigenvalue weighted by atomic mass is 16.5. The van der Waals surface area contributed by atoms with Gasteiger partial charge in [0, 0.05) is 24.2 Å². The molecule has 14 nitrogen and oxygen atoms in total. The maximum Gasteiger partial charge on any atom is 0.242 e. The molecule has 238 valence electrons. The Kier molecular flexibility index (Phi) is 11.1. The quantitative estimate of drug-likeness (QED) is 0.203. The van der Waals surface area contributed by atoms with Crippen molar-refractivity contribution in [3.63, 3.8) is 0 Å². The average Bonchev–Trinajstić information content (AvgIpc) is 3.56. The fourth-order valence-electron chi connectivity index (χ4n) is 5.35. The molecule has 6 rings (SSSR count). The number of likely N-dealkylation sites (tertiary alicyclic amines) is 2. The Morgan fingerprint density at radius 2 is 0.978 bits per heavy atom. The van der Waals surface area contributed by atoms with Gasteiger partial charge in [-0.15, -0.1) is 20.4 Å². The van der Waals surface area contributed by atoms with Crippen LogP contribution in [0.5, 0.6) is 11.5 Å². The van der Waals surface area contributed by atoms with Crippen molar-refractivity contribution in [1.82, 2.24) is 40.2 Å². The summed E-state index contributed by atoms with van der Waals surface area (Å²) in [4.78, 5) is 12.7. The summed E-state index contributed by atoms with van der Waals surface area (Å²) < 4.78 is 11.7. The molecule has 2 saturated heterocycles. The van der Waals surface area contributed by atoms with Crippen LogP contribution in [0.2, 0.25) is 0 Å². The molecule has 0 aliphatic carbocycles. The predicted octanol–water partition coefficient (Wildman–Crippen LogP) is 2.75. The zero-order valence-corrected chi connectivity index (χ0v) is 25.5. The van der Waals surface area contributed by atoms with E-state index in [1.165, 1.54) is 58.3 Å². The lowest BCUT2D eigenvalue weighted by Crippen LogP contribution is -2.33. The highest BCUT2D eigenvalue weighted by Gasteiger charge is 2.13. The van der Waals surface area contributed by atoms with Gasteiger partial charge in [0.2, 0.25) is 11.9 Å². The largest absolute Gasteiger partial charge is 0.492 e. The van der Waals surface area contributed by atoms with Crippen molar-refractivity contribution < 1.29 is 9.47 Å². The van der Waals surface area contributed by atoms with Crippen LogP contribution in [-0.2, 0) is 0 Å². The summed E-state index contributed by atoms with van der Waals surface area (Å²) in [6.45, 7) is 7.94. The number of piperidine rings is 1. The van der Waals surface area contributed by atoms with Gasteiger partial charge in [0.15, 0.2) is 11.6 Å². The number of hydrogen-bond donors (Lipinski definition) is 4. The Labute approximate surface area is 263 Å². The van der Waals surface area contributed by atoms with Gasteiger partial charge in [-0.25, -0.2) is 0 Å². The summed E-state index contributed by atoms with van der Waals surface area (Å²) in [6, 6.07) is 15.2. The summed E-state index contributed by atoms with van der Waals surface area (Å²) in [5.41, 5.74) is 25.3. The number of hydrogen-bond acceptors (Lipinski definition) is 14. The number of rotatable bonds is 10. The smallest absolute Gasteiger partial charge is 0.242 e. The number of ether oxygens (including phenoxy) is 2. The standard InChI is InChI=1S/C16H22N6O.C15H20N6O/c17-15-14(20-21-16(18)19-15)12-5-4-6-13(11-12)23-10-9-22-7-2-1-3-8-22;16-14-13(19-20-15(17)18-14)11-4-3-5-12(10-11)22-9-8-21-6-1-2-7-21/h4-6,11H,1-3,7-10H2,(H4,17,18,19,21);3-5,10H,1-2,6-9H2,(H4,16,17,18,20). The first-order chi connectivity index (χ1) is 21.9. The lowest BCUT2D eigenvalue weighted by molar-refractivity contribution is 0.183. The molecule has 0 amide bonds. The maximum atomic E-state index is 5.86. The van der Waals surface area contributed by atoms with Gasteiger partial charge in [-0.3, -0.25) is 9.80 Å². The second-order valence-electron chi connectivity index (χ2n) is 11.0. The molecule has 0 radical (unpaired) electrons. The van der Waals surface area contributed by atoms with Crippen LogP contribution in [-0.4, -0.2) is 92.6 Å². The summed E-state index contributed by atoms with van der Waals surface area (Å²) in [7, 11) is 0. The molecule has 0 spiro atoms. The summed E-state index contributed by atoms with van der Waals surface area (Å²) in [5, 5.41) is 15.5. The van der Waals surface area contributed by atoms with Gasteiger partial charge in [-0.05, 0) is 76.1 Å². The van der Waals surface area contributed by atoms with E-state index in [9.17, 15) is 0 Å². The third-order valence-corrected chi connectivity index (χ3v) is 7.67. The zero-order chi connectivity index (χ0) is 31.4. The highest BCUT2D eigenvalue weighted by molar-refractivity contribution is 5.71. The molecule has 4 aromatic rings. The first-order valence-corrected chi connectivity index (χ1v) is 15.4. The van der Waals surface area contributed by atoms with Crippen LogP contribution in [0.1, 0.15) is 32.1 Å². The van der Waals surface area contributed by atoms with Crippen LogP contribution in [0.4, 0.5) is 23.5 Å². The van der Waals surface area contributed by atoms with E-state index in [2.05, 4.69) is 40.2 Å². The summed E-state index contributed by atoms with van der Waals surface area (Å²) in [5.74, 6) is 2.25. The number of aromatic nitrogens is 6. The van der Waals surface area contributed by atoms with Crippen LogP contribution in [0, 0.1) is 0 Å². The van der Waals surface area contributed by atoms with Gasteiger partial charge in [0.25, 0.3) is 0 Å². The summed E-state index contributed by atoms with van der Waals surface area (Å²) in [6.07, 6.45) is 6.50. The molecule has 2 aromatic heterocycles. The van der Waals surface area contributed by atoms with E-state index in [0.29, 0.717) is 24.6 Å². The molecule has 45 heavy (non-hydrogen) atoms. The normalized spacial score (nSPS) is 15.3. The monoisotopic (exact) mass is 614 g/mol. The molecule has 2 aromatic carbocycles. The topological polar surface area (TPSA) is 206 Å². The Bertz CT molecular complexity index is 1530. The molecular weight excluding hydrogens is 572 g/mol. The van der Waals surface area contributed by atoms with Crippen molar-refractivity contribution in [2.75, 3.05) is 75.4 Å². The molecular formula is C31H42N12O2. The van der Waals surface area contributed by atoms with E-state index in [1.807, 2.05) is 48.5 Å². The second-order valence-corrected chi connectivity index (χ2v) is 11.0. The van der Waals surface area contributed by atoms with E-state index in [0.717, 1.165) is 35.7 Å². The van der Waals surface area contributed by atoms with Crippen molar-refractivity contribution in [1.29, 1.82) is 0 Å². The van der Waals surface area contributed by atoms with E-state index >= 15 is 0 Å². The first kappa shape index (κ1) is 31.6. The number of benzene rings is 2. The zero-order valence-electron chi connectivity index (χ0n) is 25.5. The highest BCUT2D eigenvalue weighted by Crippen LogP contribution is 2.26. The van der Waals surface area contributed by atoms with E-state index in [1.54, 1.807) is 0 Å². The van der Waals surface area contributed by atoms with E-state index < -0.39 is 0 Å². The molecule has 14 heteroatoms. The molecule has 0 bridgehead atoms. The summed E-state index contributed by atoms with van der Waals surface area (Å²) >= 11 is 0. The Balaban J connectivity index is 0.000000178. The van der Waals surface area contributed by atoms with Crippen LogP contribution < -0.4 is 32.4 Å². The number of nitrogen functional groups attached to an aromatic ring is 4. The van der Waals surface area contributed by atoms with Gasteiger partial charge in [-0.2, -0.15) is 9.97 Å². The first-order valence-electron chi connectivity index (χ1n) is 15.4. The molecule has 2 aliphatic rings. The fourth-order valence-corrected chi connectivity index (χ4v) is 5.35. The van der Waals surface area contributed by atoms with E-state index in [4.69, 9.17) is 32.4 Å². The molecule has 2 aliphatic heterocycles. The molecule has 2 fully saturated rings. The van der Waals surface area contributed by atoms with Gasteiger partial charge in [0.05, 0.1) is 0 Å². The third-order valence-electron chi connectivity index (χ3n) is 7.67. The van der Waals surface area contributed by atoms with Crippen molar-refractivity contribution in [3.8, 4) is 34.0 Å². The third kappa shape index (κ3) is 9.33. The molecule has 0 unspecified atom stereocenters. The lowest BCUT2D eigenvalue weighted by atomic mass is 10.1. The van der Waals surface area contributed by atoms with Crippen molar-refractivity contribution in [2.45, 2.75) is 32.1 Å². The minimum atomic E-state index is 0.0688. The minimum absolute atomic E-state index is 0.0688. The molecule has 4 heterocycles. The number of nitrogens with two attached hydrogens (primary N) is 4. The number of anilines is 4. The Hall–Kier alpha value is -4.82.